The van der Waals surface area contributed by atoms with E-state index in [2.05, 4.69) is 5.32 Å². The molecule has 0 aliphatic carbocycles. The van der Waals surface area contributed by atoms with E-state index in [4.69, 9.17) is 5.11 Å². The number of rotatable bonds is 5. The first-order chi connectivity index (χ1) is 5.56. The zero-order chi connectivity index (χ0) is 9.56. The quantitative estimate of drug-likeness (QED) is 0.607. The number of aliphatic hydroxyl groups is 1. The number of aliphatic hydroxyl groups excluding tert-OH is 1. The van der Waals surface area contributed by atoms with E-state index < -0.39 is 0 Å². The Morgan fingerprint density at radius 2 is 2.00 bits per heavy atom. The number of hydrogen-bond acceptors (Lipinski definition) is 3. The second-order valence-electron chi connectivity index (χ2n) is 2.85. The Morgan fingerprint density at radius 3 is 2.42 bits per heavy atom. The number of carbonyl (C=O) groups is 2. The van der Waals surface area contributed by atoms with Gasteiger partial charge in [-0.1, -0.05) is 0 Å². The Labute approximate surface area is 72.0 Å². The second kappa shape index (κ2) is 5.71. The molecule has 2 N–H and O–H groups in total. The van der Waals surface area contributed by atoms with Crippen molar-refractivity contribution < 1.29 is 14.7 Å². The molecule has 0 saturated carbocycles. The third-order valence-corrected chi connectivity index (χ3v) is 1.39. The molecule has 0 rings (SSSR count). The fraction of sp³-hybridized carbons (Fsp3) is 0.750. The highest BCUT2D eigenvalue weighted by Crippen LogP contribution is 1.91. The maximum atomic E-state index is 10.9. The van der Waals surface area contributed by atoms with Crippen LogP contribution in [0.25, 0.3) is 0 Å². The van der Waals surface area contributed by atoms with Gasteiger partial charge in [0.2, 0.25) is 5.91 Å². The zero-order valence-corrected chi connectivity index (χ0v) is 7.46. The van der Waals surface area contributed by atoms with E-state index in [1.54, 1.807) is 6.92 Å². The molecule has 0 spiro atoms. The first-order valence-electron chi connectivity index (χ1n) is 3.96. The van der Waals surface area contributed by atoms with Crippen LogP contribution in [0.2, 0.25) is 0 Å². The molecule has 4 heteroatoms. The molecule has 0 aromatic rings. The van der Waals surface area contributed by atoms with E-state index in [-0.39, 0.29) is 37.2 Å². The molecule has 1 amide bonds. The predicted octanol–water partition coefficient (Wildman–Crippen LogP) is -0.147. The van der Waals surface area contributed by atoms with Crippen LogP contribution < -0.4 is 5.32 Å². The first kappa shape index (κ1) is 11.1. The molecule has 12 heavy (non-hydrogen) atoms. The van der Waals surface area contributed by atoms with Gasteiger partial charge in [-0.15, -0.1) is 0 Å². The summed E-state index contributed by atoms with van der Waals surface area (Å²) >= 11 is 0. The van der Waals surface area contributed by atoms with Crippen molar-refractivity contribution in [2.45, 2.75) is 32.7 Å². The second-order valence-corrected chi connectivity index (χ2v) is 2.85. The Balaban J connectivity index is 3.53. The van der Waals surface area contributed by atoms with E-state index >= 15 is 0 Å². The van der Waals surface area contributed by atoms with E-state index in [1.165, 1.54) is 6.92 Å². The van der Waals surface area contributed by atoms with Crippen LogP contribution in [0.3, 0.4) is 0 Å². The highest BCUT2D eigenvalue weighted by molar-refractivity contribution is 5.83. The van der Waals surface area contributed by atoms with Crippen LogP contribution in [0.4, 0.5) is 0 Å². The fourth-order valence-electron chi connectivity index (χ4n) is 0.682. The summed E-state index contributed by atoms with van der Waals surface area (Å²) in [6.07, 6.45) is 0.476. The molecule has 1 atom stereocenters. The van der Waals surface area contributed by atoms with Crippen LogP contribution in [0, 0.1) is 0 Å². The molecule has 0 fully saturated rings. The molecular formula is C8H15NO3. The molecule has 0 unspecified atom stereocenters. The standard InChI is InChI=1S/C8H15NO3/c1-6(5-10)9-8(12)4-3-7(2)11/h6,10H,3-5H2,1-2H3,(H,9,12)/t6-/m1/s1. The van der Waals surface area contributed by atoms with Gasteiger partial charge in [0.25, 0.3) is 0 Å². The van der Waals surface area contributed by atoms with Gasteiger partial charge in [-0.05, 0) is 13.8 Å². The maximum Gasteiger partial charge on any atom is 0.220 e. The lowest BCUT2D eigenvalue weighted by atomic mass is 10.2. The smallest absolute Gasteiger partial charge is 0.220 e. The Hall–Kier alpha value is -0.900. The van der Waals surface area contributed by atoms with Crippen LogP contribution in [0.5, 0.6) is 0 Å². The summed E-state index contributed by atoms with van der Waals surface area (Å²) in [6, 6.07) is -0.232. The van der Waals surface area contributed by atoms with Gasteiger partial charge in [0.05, 0.1) is 6.61 Å². The van der Waals surface area contributed by atoms with Gasteiger partial charge < -0.3 is 15.2 Å². The number of amides is 1. The van der Waals surface area contributed by atoms with Crippen LogP contribution in [-0.2, 0) is 9.59 Å². The summed E-state index contributed by atoms with van der Waals surface area (Å²) < 4.78 is 0. The van der Waals surface area contributed by atoms with Gasteiger partial charge in [0, 0.05) is 18.9 Å². The number of nitrogens with one attached hydrogen (secondary N) is 1. The Kier molecular flexibility index (Phi) is 5.28. The van der Waals surface area contributed by atoms with E-state index in [0.29, 0.717) is 0 Å². The largest absolute Gasteiger partial charge is 0.394 e. The van der Waals surface area contributed by atoms with Crippen molar-refractivity contribution in [3.05, 3.63) is 0 Å². The molecule has 0 heterocycles. The number of ketones is 1. The van der Waals surface area contributed by atoms with Crippen molar-refractivity contribution in [2.75, 3.05) is 6.61 Å². The average molecular weight is 173 g/mol. The predicted molar refractivity (Wildman–Crippen MR) is 44.6 cm³/mol. The lowest BCUT2D eigenvalue weighted by Gasteiger charge is -2.09. The van der Waals surface area contributed by atoms with Gasteiger partial charge in [-0.3, -0.25) is 4.79 Å². The van der Waals surface area contributed by atoms with Gasteiger partial charge >= 0.3 is 0 Å². The molecule has 70 valence electrons. The minimum absolute atomic E-state index is 0.00167. The van der Waals surface area contributed by atoms with Gasteiger partial charge in [0.1, 0.15) is 5.78 Å². The lowest BCUT2D eigenvalue weighted by molar-refractivity contribution is -0.125. The summed E-state index contributed by atoms with van der Waals surface area (Å²) in [5, 5.41) is 11.1. The summed E-state index contributed by atoms with van der Waals surface area (Å²) in [7, 11) is 0. The Morgan fingerprint density at radius 1 is 1.42 bits per heavy atom. The number of carbonyl (C=O) groups excluding carboxylic acids is 2. The number of hydrogen-bond donors (Lipinski definition) is 2. The summed E-state index contributed by atoms with van der Waals surface area (Å²) in [6.45, 7) is 3.07. The summed E-state index contributed by atoms with van der Waals surface area (Å²) in [5.74, 6) is -0.187. The number of Topliss-reactive ketones (excluding diaryl/α,β-unsaturated/α-hetero) is 1. The molecule has 0 bridgehead atoms. The lowest BCUT2D eigenvalue weighted by Crippen LogP contribution is -2.35. The minimum atomic E-state index is -0.232. The van der Waals surface area contributed by atoms with Crippen molar-refractivity contribution in [1.82, 2.24) is 5.32 Å². The normalized spacial score (nSPS) is 12.2. The third kappa shape index (κ3) is 5.85. The summed E-state index contributed by atoms with van der Waals surface area (Å²) in [4.78, 5) is 21.4. The third-order valence-electron chi connectivity index (χ3n) is 1.39. The first-order valence-corrected chi connectivity index (χ1v) is 3.96. The van der Waals surface area contributed by atoms with E-state index in [9.17, 15) is 9.59 Å². The molecule has 0 aromatic carbocycles. The van der Waals surface area contributed by atoms with Gasteiger partial charge in [0.15, 0.2) is 0 Å². The van der Waals surface area contributed by atoms with Crippen LogP contribution in [-0.4, -0.2) is 29.4 Å². The summed E-state index contributed by atoms with van der Waals surface area (Å²) in [5.41, 5.74) is 0. The average Bonchev–Trinajstić information content (AvgIpc) is 2.00. The molecule has 0 aliphatic heterocycles. The van der Waals surface area contributed by atoms with Crippen LogP contribution in [0.1, 0.15) is 26.7 Å². The van der Waals surface area contributed by atoms with Crippen molar-refractivity contribution >= 4 is 11.7 Å². The van der Waals surface area contributed by atoms with Gasteiger partial charge in [-0.2, -0.15) is 0 Å². The SMILES string of the molecule is CC(=O)CCC(=O)N[C@H](C)CO. The van der Waals surface area contributed by atoms with Crippen molar-refractivity contribution in [1.29, 1.82) is 0 Å². The van der Waals surface area contributed by atoms with Crippen molar-refractivity contribution in [3.63, 3.8) is 0 Å². The van der Waals surface area contributed by atoms with E-state index in [0.717, 1.165) is 0 Å². The Bertz CT molecular complexity index is 168. The molecule has 0 aliphatic rings. The molecule has 0 saturated heterocycles. The monoisotopic (exact) mass is 173 g/mol. The molecule has 0 aromatic heterocycles. The fourth-order valence-corrected chi connectivity index (χ4v) is 0.682. The minimum Gasteiger partial charge on any atom is -0.394 e. The molecular weight excluding hydrogens is 158 g/mol. The van der Waals surface area contributed by atoms with E-state index in [1.807, 2.05) is 0 Å². The molecule has 0 radical (unpaired) electrons. The van der Waals surface area contributed by atoms with Crippen molar-refractivity contribution in [2.24, 2.45) is 0 Å². The van der Waals surface area contributed by atoms with Crippen molar-refractivity contribution in [3.8, 4) is 0 Å². The topological polar surface area (TPSA) is 66.4 Å². The highest BCUT2D eigenvalue weighted by atomic mass is 16.3. The van der Waals surface area contributed by atoms with Crippen LogP contribution >= 0.6 is 0 Å². The van der Waals surface area contributed by atoms with Crippen LogP contribution in [0.15, 0.2) is 0 Å². The molecule has 4 nitrogen and oxygen atoms in total. The maximum absolute atomic E-state index is 10.9. The highest BCUT2D eigenvalue weighted by Gasteiger charge is 2.06. The van der Waals surface area contributed by atoms with Gasteiger partial charge in [-0.25, -0.2) is 0 Å². The zero-order valence-electron chi connectivity index (χ0n) is 7.46.